The van der Waals surface area contributed by atoms with Crippen LogP contribution in [-0.2, 0) is 11.3 Å². The molecule has 0 fully saturated rings. The minimum Gasteiger partial charge on any atom is -0.493 e. The molecule has 0 aliphatic carbocycles. The van der Waals surface area contributed by atoms with Gasteiger partial charge in [-0.05, 0) is 47.9 Å². The monoisotopic (exact) mass is 452 g/mol. The molecule has 3 aromatic carbocycles. The molecule has 3 aromatic rings. The molecule has 0 atom stereocenters. The molecule has 7 heteroatoms. The summed E-state index contributed by atoms with van der Waals surface area (Å²) >= 11 is 6.25. The first-order chi connectivity index (χ1) is 15.5. The highest BCUT2D eigenvalue weighted by Gasteiger charge is 2.13. The second kappa shape index (κ2) is 11.2. The molecule has 0 bridgehead atoms. The average molecular weight is 453 g/mol. The Bertz CT molecular complexity index is 1070. The molecule has 32 heavy (non-hydrogen) atoms. The minimum atomic E-state index is -0.316. The Morgan fingerprint density at radius 1 is 0.938 bits per heavy atom. The molecule has 0 saturated heterocycles. The Morgan fingerprint density at radius 2 is 1.62 bits per heavy atom. The Hall–Kier alpha value is -3.51. The molecule has 6 nitrogen and oxygen atoms in total. The van der Waals surface area contributed by atoms with E-state index in [9.17, 15) is 9.59 Å². The van der Waals surface area contributed by atoms with Gasteiger partial charge in [0, 0.05) is 12.1 Å². The quantitative estimate of drug-likeness (QED) is 0.502. The number of amides is 2. The molecular weight excluding hydrogens is 428 g/mol. The lowest BCUT2D eigenvalue weighted by Gasteiger charge is -2.13. The maximum atomic E-state index is 12.4. The van der Waals surface area contributed by atoms with Gasteiger partial charge < -0.3 is 20.1 Å². The number of nitrogens with one attached hydrogen (secondary N) is 2. The third-order valence-electron chi connectivity index (χ3n) is 4.73. The number of methoxy groups -OCH3 is 1. The van der Waals surface area contributed by atoms with E-state index >= 15 is 0 Å². The van der Waals surface area contributed by atoms with E-state index in [2.05, 4.69) is 10.6 Å². The first kappa shape index (κ1) is 23.2. The van der Waals surface area contributed by atoms with Gasteiger partial charge in [-0.25, -0.2) is 0 Å². The fourth-order valence-electron chi connectivity index (χ4n) is 3.13. The fraction of sp³-hybridized carbons (Fsp3) is 0.200. The van der Waals surface area contributed by atoms with Crippen LogP contribution in [0.1, 0.15) is 22.8 Å². The Morgan fingerprint density at radius 3 is 2.28 bits per heavy atom. The summed E-state index contributed by atoms with van der Waals surface area (Å²) in [5, 5.41) is 5.80. The summed E-state index contributed by atoms with van der Waals surface area (Å²) < 4.78 is 10.8. The van der Waals surface area contributed by atoms with Gasteiger partial charge in [0.1, 0.15) is 0 Å². The number of carbonyl (C=O) groups excluding carboxylic acids is 2. The first-order valence-electron chi connectivity index (χ1n) is 10.2. The Balaban J connectivity index is 1.51. The summed E-state index contributed by atoms with van der Waals surface area (Å²) in [4.78, 5) is 24.5. The molecule has 2 N–H and O–H groups in total. The number of halogens is 1. The highest BCUT2D eigenvalue weighted by Crippen LogP contribution is 2.36. The van der Waals surface area contributed by atoms with Gasteiger partial charge in [0.15, 0.2) is 11.5 Å². The summed E-state index contributed by atoms with van der Waals surface area (Å²) in [6.45, 7) is 2.42. The van der Waals surface area contributed by atoms with Gasteiger partial charge in [-0.1, -0.05) is 54.1 Å². The van der Waals surface area contributed by atoms with E-state index in [0.717, 1.165) is 16.7 Å². The zero-order valence-electron chi connectivity index (χ0n) is 18.0. The lowest BCUT2D eigenvalue weighted by Crippen LogP contribution is -2.36. The van der Waals surface area contributed by atoms with E-state index < -0.39 is 0 Å². The van der Waals surface area contributed by atoms with E-state index in [1.54, 1.807) is 24.3 Å². The molecule has 0 spiro atoms. The van der Waals surface area contributed by atoms with Crippen molar-refractivity contribution in [2.45, 2.75) is 13.5 Å². The van der Waals surface area contributed by atoms with Crippen LogP contribution in [0.4, 0.5) is 0 Å². The fourth-order valence-corrected chi connectivity index (χ4v) is 3.42. The molecule has 0 unspecified atom stereocenters. The van der Waals surface area contributed by atoms with E-state index in [1.807, 2.05) is 49.4 Å². The van der Waals surface area contributed by atoms with Gasteiger partial charge in [0.2, 0.25) is 5.91 Å². The number of rotatable bonds is 9. The maximum absolute atomic E-state index is 12.4. The number of benzene rings is 3. The summed E-state index contributed by atoms with van der Waals surface area (Å²) in [6, 6.07) is 20.6. The maximum Gasteiger partial charge on any atom is 0.251 e. The topological polar surface area (TPSA) is 76.7 Å². The van der Waals surface area contributed by atoms with Gasteiger partial charge in [-0.3, -0.25) is 9.59 Å². The van der Waals surface area contributed by atoms with Crippen molar-refractivity contribution in [2.24, 2.45) is 0 Å². The lowest BCUT2D eigenvalue weighted by molar-refractivity contribution is -0.120. The van der Waals surface area contributed by atoms with Crippen LogP contribution in [0.5, 0.6) is 11.5 Å². The van der Waals surface area contributed by atoms with Crippen molar-refractivity contribution in [3.8, 4) is 22.6 Å². The molecule has 166 valence electrons. The third kappa shape index (κ3) is 6.02. The zero-order valence-corrected chi connectivity index (χ0v) is 18.7. The van der Waals surface area contributed by atoms with Gasteiger partial charge in [-0.15, -0.1) is 0 Å². The van der Waals surface area contributed by atoms with E-state index in [1.165, 1.54) is 7.11 Å². The molecular formula is C25H25ClN2O4. The number of ether oxygens (including phenoxy) is 2. The zero-order chi connectivity index (χ0) is 22.9. The molecule has 2 amide bonds. The minimum absolute atomic E-state index is 0.138. The molecule has 0 heterocycles. The van der Waals surface area contributed by atoms with Crippen molar-refractivity contribution in [1.29, 1.82) is 0 Å². The van der Waals surface area contributed by atoms with Crippen LogP contribution in [0, 0.1) is 0 Å². The number of hydrogen-bond donors (Lipinski definition) is 2. The van der Waals surface area contributed by atoms with Crippen LogP contribution in [0.2, 0.25) is 5.02 Å². The van der Waals surface area contributed by atoms with Crippen molar-refractivity contribution in [2.75, 3.05) is 20.3 Å². The van der Waals surface area contributed by atoms with Crippen molar-refractivity contribution in [1.82, 2.24) is 10.6 Å². The molecule has 0 aromatic heterocycles. The first-order valence-corrected chi connectivity index (χ1v) is 10.6. The largest absolute Gasteiger partial charge is 0.493 e. The third-order valence-corrected chi connectivity index (χ3v) is 5.01. The standard InChI is InChI=1S/C25H25ClN2O4/c1-3-32-24-21(26)13-17(14-22(24)31-2)15-27-23(29)16-28-25(30)20-11-9-19(10-12-20)18-7-5-4-6-8-18/h4-14H,3,15-16H2,1-2H3,(H,27,29)(H,28,30). The molecule has 0 radical (unpaired) electrons. The lowest BCUT2D eigenvalue weighted by atomic mass is 10.0. The molecule has 0 aliphatic heterocycles. The summed E-state index contributed by atoms with van der Waals surface area (Å²) in [7, 11) is 1.53. The highest BCUT2D eigenvalue weighted by atomic mass is 35.5. The molecule has 0 aliphatic rings. The second-order valence-electron chi connectivity index (χ2n) is 6.94. The normalized spacial score (nSPS) is 10.3. The average Bonchev–Trinajstić information content (AvgIpc) is 2.83. The van der Waals surface area contributed by atoms with Crippen molar-refractivity contribution in [3.63, 3.8) is 0 Å². The summed E-state index contributed by atoms with van der Waals surface area (Å²) in [6.07, 6.45) is 0. The number of carbonyl (C=O) groups is 2. The van der Waals surface area contributed by atoms with Crippen LogP contribution in [0.3, 0.4) is 0 Å². The predicted octanol–water partition coefficient (Wildman–Crippen LogP) is 4.46. The predicted molar refractivity (Wildman–Crippen MR) is 125 cm³/mol. The van der Waals surface area contributed by atoms with Crippen molar-refractivity contribution < 1.29 is 19.1 Å². The van der Waals surface area contributed by atoms with Gasteiger partial charge in [0.25, 0.3) is 5.91 Å². The van der Waals surface area contributed by atoms with Crippen molar-refractivity contribution in [3.05, 3.63) is 82.9 Å². The Labute approximate surface area is 192 Å². The number of hydrogen-bond acceptors (Lipinski definition) is 4. The van der Waals surface area contributed by atoms with Crippen LogP contribution in [0.15, 0.2) is 66.7 Å². The van der Waals surface area contributed by atoms with Crippen LogP contribution >= 0.6 is 11.6 Å². The smallest absolute Gasteiger partial charge is 0.251 e. The van der Waals surface area contributed by atoms with E-state index in [4.69, 9.17) is 21.1 Å². The van der Waals surface area contributed by atoms with Crippen LogP contribution < -0.4 is 20.1 Å². The van der Waals surface area contributed by atoms with Gasteiger partial charge in [0.05, 0.1) is 25.3 Å². The SMILES string of the molecule is CCOc1c(Cl)cc(CNC(=O)CNC(=O)c2ccc(-c3ccccc3)cc2)cc1OC. The molecule has 0 saturated carbocycles. The van der Waals surface area contributed by atoms with Gasteiger partial charge in [-0.2, -0.15) is 0 Å². The second-order valence-corrected chi connectivity index (χ2v) is 7.35. The summed E-state index contributed by atoms with van der Waals surface area (Å²) in [5.74, 6) is 0.335. The summed E-state index contributed by atoms with van der Waals surface area (Å²) in [5.41, 5.74) is 3.33. The van der Waals surface area contributed by atoms with Crippen LogP contribution in [0.25, 0.3) is 11.1 Å². The Kier molecular flexibility index (Phi) is 8.11. The molecule has 3 rings (SSSR count). The van der Waals surface area contributed by atoms with E-state index in [0.29, 0.717) is 28.7 Å². The van der Waals surface area contributed by atoms with Gasteiger partial charge >= 0.3 is 0 Å². The highest BCUT2D eigenvalue weighted by molar-refractivity contribution is 6.32. The van der Waals surface area contributed by atoms with Crippen molar-refractivity contribution >= 4 is 23.4 Å². The van der Waals surface area contributed by atoms with Crippen LogP contribution in [-0.4, -0.2) is 32.1 Å². The van der Waals surface area contributed by atoms with E-state index in [-0.39, 0.29) is 24.9 Å².